The molecule has 2 aromatic heterocycles. The minimum Gasteiger partial charge on any atom is -0.340 e. The molecule has 0 aliphatic heterocycles. The summed E-state index contributed by atoms with van der Waals surface area (Å²) in [7, 11) is 0. The third-order valence-electron chi connectivity index (χ3n) is 3.73. The number of hydrogen-bond donors (Lipinski definition) is 1. The summed E-state index contributed by atoms with van der Waals surface area (Å²) < 4.78 is 18.2. The van der Waals surface area contributed by atoms with Gasteiger partial charge in [-0.3, -0.25) is 9.78 Å². The van der Waals surface area contributed by atoms with Gasteiger partial charge in [0.25, 0.3) is 5.91 Å². The SMILES string of the molecule is Cc1nc(C(C)(NC(=O)c2cncc(F)c2)C2CC2)no1. The number of aromatic nitrogens is 3. The van der Waals surface area contributed by atoms with Gasteiger partial charge >= 0.3 is 0 Å². The third kappa shape index (κ3) is 2.63. The first kappa shape index (κ1) is 13.7. The Hall–Kier alpha value is -2.31. The molecule has 2 aromatic rings. The fourth-order valence-electron chi connectivity index (χ4n) is 2.36. The van der Waals surface area contributed by atoms with E-state index < -0.39 is 17.3 Å². The minimum absolute atomic E-state index is 0.169. The number of amides is 1. The van der Waals surface area contributed by atoms with Gasteiger partial charge in [0.05, 0.1) is 11.8 Å². The molecule has 0 bridgehead atoms. The Morgan fingerprint density at radius 3 is 2.81 bits per heavy atom. The molecule has 3 rings (SSSR count). The predicted octanol–water partition coefficient (Wildman–Crippen LogP) is 1.97. The van der Waals surface area contributed by atoms with Crippen LogP contribution in [-0.4, -0.2) is 21.0 Å². The summed E-state index contributed by atoms with van der Waals surface area (Å²) in [6.45, 7) is 3.56. The zero-order valence-electron chi connectivity index (χ0n) is 11.8. The number of aryl methyl sites for hydroxylation is 1. The molecule has 1 saturated carbocycles. The number of halogens is 1. The standard InChI is InChI=1S/C14H15FN4O2/c1-8-17-13(19-21-8)14(2,10-3-4-10)18-12(20)9-5-11(15)7-16-6-9/h5-7,10H,3-4H2,1-2H3,(H,18,20). The summed E-state index contributed by atoms with van der Waals surface area (Å²) in [5.41, 5.74) is -0.552. The average molecular weight is 290 g/mol. The average Bonchev–Trinajstić information content (AvgIpc) is 3.21. The molecular weight excluding hydrogens is 275 g/mol. The van der Waals surface area contributed by atoms with E-state index in [2.05, 4.69) is 20.4 Å². The number of rotatable bonds is 4. The number of pyridine rings is 1. The van der Waals surface area contributed by atoms with Crippen LogP contribution in [0.4, 0.5) is 4.39 Å². The Bertz CT molecular complexity index is 683. The number of nitrogens with zero attached hydrogens (tertiary/aromatic N) is 3. The first-order valence-electron chi connectivity index (χ1n) is 6.73. The van der Waals surface area contributed by atoms with Gasteiger partial charge in [0, 0.05) is 13.1 Å². The van der Waals surface area contributed by atoms with Crippen molar-refractivity contribution in [3.8, 4) is 0 Å². The molecule has 0 spiro atoms. The Morgan fingerprint density at radius 1 is 1.48 bits per heavy atom. The van der Waals surface area contributed by atoms with Crippen LogP contribution in [0.15, 0.2) is 23.0 Å². The van der Waals surface area contributed by atoms with E-state index in [-0.39, 0.29) is 11.5 Å². The predicted molar refractivity (Wildman–Crippen MR) is 70.8 cm³/mol. The highest BCUT2D eigenvalue weighted by Gasteiger charge is 2.47. The molecular formula is C14H15FN4O2. The molecule has 110 valence electrons. The lowest BCUT2D eigenvalue weighted by Gasteiger charge is -2.27. The Kier molecular flexibility index (Phi) is 3.19. The van der Waals surface area contributed by atoms with Crippen LogP contribution in [0.2, 0.25) is 0 Å². The van der Waals surface area contributed by atoms with Crippen molar-refractivity contribution >= 4 is 5.91 Å². The molecule has 1 unspecified atom stereocenters. The van der Waals surface area contributed by atoms with Crippen molar-refractivity contribution in [1.82, 2.24) is 20.4 Å². The van der Waals surface area contributed by atoms with Crippen LogP contribution in [0, 0.1) is 18.7 Å². The molecule has 1 fully saturated rings. The normalized spacial score (nSPS) is 17.3. The highest BCUT2D eigenvalue weighted by Crippen LogP contribution is 2.44. The lowest BCUT2D eigenvalue weighted by molar-refractivity contribution is 0.0884. The minimum atomic E-state index is -0.721. The molecule has 1 aliphatic rings. The number of nitrogens with one attached hydrogen (secondary N) is 1. The van der Waals surface area contributed by atoms with E-state index in [9.17, 15) is 9.18 Å². The molecule has 1 N–H and O–H groups in total. The summed E-state index contributed by atoms with van der Waals surface area (Å²) in [5, 5.41) is 6.82. The summed E-state index contributed by atoms with van der Waals surface area (Å²) in [4.78, 5) is 20.2. The van der Waals surface area contributed by atoms with Gasteiger partial charge in [-0.25, -0.2) is 4.39 Å². The van der Waals surface area contributed by atoms with Gasteiger partial charge in [-0.15, -0.1) is 0 Å². The van der Waals surface area contributed by atoms with Crippen LogP contribution in [0.3, 0.4) is 0 Å². The van der Waals surface area contributed by atoms with Gasteiger partial charge in [-0.05, 0) is 31.7 Å². The molecule has 2 heterocycles. The van der Waals surface area contributed by atoms with Crippen LogP contribution in [0.5, 0.6) is 0 Å². The molecule has 21 heavy (non-hydrogen) atoms. The topological polar surface area (TPSA) is 80.9 Å². The second-order valence-electron chi connectivity index (χ2n) is 5.46. The van der Waals surface area contributed by atoms with Gasteiger partial charge in [-0.2, -0.15) is 4.98 Å². The molecule has 0 saturated heterocycles. The summed E-state index contributed by atoms with van der Waals surface area (Å²) in [5.74, 6) is 0.184. The largest absolute Gasteiger partial charge is 0.340 e. The van der Waals surface area contributed by atoms with E-state index in [0.717, 1.165) is 25.1 Å². The van der Waals surface area contributed by atoms with Crippen LogP contribution < -0.4 is 5.32 Å². The van der Waals surface area contributed by atoms with Crippen LogP contribution in [0.25, 0.3) is 0 Å². The van der Waals surface area contributed by atoms with Crippen molar-refractivity contribution in [2.45, 2.75) is 32.2 Å². The monoisotopic (exact) mass is 290 g/mol. The second-order valence-corrected chi connectivity index (χ2v) is 5.46. The van der Waals surface area contributed by atoms with Crippen molar-refractivity contribution in [2.24, 2.45) is 5.92 Å². The molecule has 0 aromatic carbocycles. The van der Waals surface area contributed by atoms with Crippen LogP contribution in [0.1, 0.15) is 41.8 Å². The molecule has 1 aliphatic carbocycles. The van der Waals surface area contributed by atoms with Crippen molar-refractivity contribution in [3.63, 3.8) is 0 Å². The number of carbonyl (C=O) groups is 1. The smallest absolute Gasteiger partial charge is 0.253 e. The zero-order valence-corrected chi connectivity index (χ0v) is 11.8. The summed E-state index contributed by atoms with van der Waals surface area (Å²) in [6, 6.07) is 1.15. The fraction of sp³-hybridized carbons (Fsp3) is 0.429. The first-order chi connectivity index (χ1) is 9.99. The summed E-state index contributed by atoms with van der Waals surface area (Å²) >= 11 is 0. The van der Waals surface area contributed by atoms with Crippen molar-refractivity contribution in [3.05, 3.63) is 41.6 Å². The maximum absolute atomic E-state index is 13.2. The Labute approximate surface area is 120 Å². The number of hydrogen-bond acceptors (Lipinski definition) is 5. The van der Waals surface area contributed by atoms with Gasteiger partial charge < -0.3 is 9.84 Å². The van der Waals surface area contributed by atoms with Gasteiger partial charge in [0.2, 0.25) is 5.89 Å². The lowest BCUT2D eigenvalue weighted by atomic mass is 9.94. The highest BCUT2D eigenvalue weighted by atomic mass is 19.1. The second kappa shape index (κ2) is 4.91. The molecule has 1 amide bonds. The summed E-state index contributed by atoms with van der Waals surface area (Å²) in [6.07, 6.45) is 4.34. The van der Waals surface area contributed by atoms with Crippen molar-refractivity contribution in [1.29, 1.82) is 0 Å². The van der Waals surface area contributed by atoms with E-state index in [4.69, 9.17) is 4.52 Å². The van der Waals surface area contributed by atoms with E-state index >= 15 is 0 Å². The van der Waals surface area contributed by atoms with Gasteiger partial charge in [0.1, 0.15) is 11.4 Å². The van der Waals surface area contributed by atoms with Gasteiger partial charge in [0.15, 0.2) is 5.82 Å². The quantitative estimate of drug-likeness (QED) is 0.931. The van der Waals surface area contributed by atoms with Gasteiger partial charge in [-0.1, -0.05) is 5.16 Å². The van der Waals surface area contributed by atoms with Crippen molar-refractivity contribution < 1.29 is 13.7 Å². The zero-order chi connectivity index (χ0) is 15.0. The van der Waals surface area contributed by atoms with E-state index in [0.29, 0.717) is 11.7 Å². The maximum atomic E-state index is 13.2. The van der Waals surface area contributed by atoms with Crippen molar-refractivity contribution in [2.75, 3.05) is 0 Å². The molecule has 0 radical (unpaired) electrons. The van der Waals surface area contributed by atoms with E-state index in [1.807, 2.05) is 6.92 Å². The molecule has 7 heteroatoms. The molecule has 6 nitrogen and oxygen atoms in total. The first-order valence-corrected chi connectivity index (χ1v) is 6.73. The Morgan fingerprint density at radius 2 is 2.24 bits per heavy atom. The fourth-order valence-corrected chi connectivity index (χ4v) is 2.36. The van der Waals surface area contributed by atoms with E-state index in [1.165, 1.54) is 6.20 Å². The maximum Gasteiger partial charge on any atom is 0.253 e. The number of carbonyl (C=O) groups excluding carboxylic acids is 1. The third-order valence-corrected chi connectivity index (χ3v) is 3.73. The van der Waals surface area contributed by atoms with Crippen LogP contribution in [-0.2, 0) is 5.54 Å². The lowest BCUT2D eigenvalue weighted by Crippen LogP contribution is -2.46. The highest BCUT2D eigenvalue weighted by molar-refractivity contribution is 5.94. The van der Waals surface area contributed by atoms with E-state index in [1.54, 1.807) is 6.92 Å². The molecule has 1 atom stereocenters. The Balaban J connectivity index is 1.87. The van der Waals surface area contributed by atoms with Crippen LogP contribution >= 0.6 is 0 Å².